The first-order chi connectivity index (χ1) is 6.47. The van der Waals surface area contributed by atoms with E-state index in [1.165, 1.54) is 6.42 Å². The van der Waals surface area contributed by atoms with Crippen molar-refractivity contribution >= 4 is 0 Å². The highest BCUT2D eigenvalue weighted by molar-refractivity contribution is 4.99. The lowest BCUT2D eigenvalue weighted by atomic mass is 9.75. The third kappa shape index (κ3) is 1.82. The highest BCUT2D eigenvalue weighted by atomic mass is 16.6. The number of ether oxygens (including phenoxy) is 1. The van der Waals surface area contributed by atoms with Crippen LogP contribution in [-0.4, -0.2) is 24.4 Å². The van der Waals surface area contributed by atoms with Gasteiger partial charge in [-0.3, -0.25) is 0 Å². The third-order valence-electron chi connectivity index (χ3n) is 4.09. The number of rotatable bonds is 3. The van der Waals surface area contributed by atoms with E-state index in [0.29, 0.717) is 24.0 Å². The summed E-state index contributed by atoms with van der Waals surface area (Å²) in [6, 6.07) is 0. The molecule has 0 spiro atoms. The highest BCUT2D eigenvalue weighted by Gasteiger charge is 2.50. The second kappa shape index (κ2) is 3.21. The van der Waals surface area contributed by atoms with Crippen LogP contribution in [0.2, 0.25) is 0 Å². The van der Waals surface area contributed by atoms with E-state index in [1.54, 1.807) is 0 Å². The molecule has 14 heavy (non-hydrogen) atoms. The normalized spacial score (nSPS) is 45.4. The summed E-state index contributed by atoms with van der Waals surface area (Å²) in [5.74, 6) is 0.631. The average Bonchev–Trinajstić information content (AvgIpc) is 2.81. The minimum absolute atomic E-state index is 0.144. The lowest BCUT2D eigenvalue weighted by molar-refractivity contribution is 0.0675. The Bertz CT molecular complexity index is 220. The average molecular weight is 198 g/mol. The number of epoxide rings is 1. The van der Waals surface area contributed by atoms with E-state index in [9.17, 15) is 5.11 Å². The van der Waals surface area contributed by atoms with E-state index in [4.69, 9.17) is 4.74 Å². The van der Waals surface area contributed by atoms with Crippen molar-refractivity contribution in [1.29, 1.82) is 0 Å². The molecule has 2 fully saturated rings. The van der Waals surface area contributed by atoms with Crippen molar-refractivity contribution in [1.82, 2.24) is 0 Å². The van der Waals surface area contributed by atoms with Crippen LogP contribution in [0.1, 0.15) is 40.0 Å². The summed E-state index contributed by atoms with van der Waals surface area (Å²) < 4.78 is 5.30. The van der Waals surface area contributed by atoms with Crippen molar-refractivity contribution in [3.05, 3.63) is 0 Å². The molecule has 0 aromatic heterocycles. The fraction of sp³-hybridized carbons (Fsp3) is 1.00. The van der Waals surface area contributed by atoms with Crippen LogP contribution in [0, 0.1) is 16.7 Å². The number of aliphatic hydroxyl groups is 1. The Labute approximate surface area is 86.6 Å². The molecule has 3 atom stereocenters. The molecular formula is C12H22O2. The van der Waals surface area contributed by atoms with E-state index in [2.05, 4.69) is 20.8 Å². The molecule has 2 nitrogen and oxygen atoms in total. The van der Waals surface area contributed by atoms with Crippen LogP contribution in [-0.2, 0) is 4.74 Å². The van der Waals surface area contributed by atoms with Gasteiger partial charge in [-0.25, -0.2) is 0 Å². The minimum atomic E-state index is 0.144. The van der Waals surface area contributed by atoms with Crippen molar-refractivity contribution < 1.29 is 9.84 Å². The molecule has 3 unspecified atom stereocenters. The van der Waals surface area contributed by atoms with Gasteiger partial charge in [0.2, 0.25) is 0 Å². The minimum Gasteiger partial charge on any atom is -0.396 e. The standard InChI is InChI=1S/C12H22O2/c1-9-4-11(2,3)7-12(9,8-13)5-10-6-14-10/h9-10,13H,4-8H2,1-3H3. The summed E-state index contributed by atoms with van der Waals surface area (Å²) in [6.07, 6.45) is 3.89. The molecule has 1 N–H and O–H groups in total. The number of hydrogen-bond donors (Lipinski definition) is 1. The molecule has 0 radical (unpaired) electrons. The smallest absolute Gasteiger partial charge is 0.0816 e. The van der Waals surface area contributed by atoms with Gasteiger partial charge in [0, 0.05) is 6.61 Å². The molecule has 1 saturated heterocycles. The zero-order chi connectivity index (χ0) is 10.4. The van der Waals surface area contributed by atoms with Gasteiger partial charge in [0.1, 0.15) is 0 Å². The van der Waals surface area contributed by atoms with E-state index in [0.717, 1.165) is 19.4 Å². The van der Waals surface area contributed by atoms with Gasteiger partial charge < -0.3 is 9.84 Å². The Morgan fingerprint density at radius 1 is 1.43 bits per heavy atom. The van der Waals surface area contributed by atoms with Crippen molar-refractivity contribution in [2.45, 2.75) is 46.1 Å². The van der Waals surface area contributed by atoms with Crippen LogP contribution in [0.4, 0.5) is 0 Å². The summed E-state index contributed by atoms with van der Waals surface area (Å²) in [4.78, 5) is 0. The Morgan fingerprint density at radius 2 is 2.07 bits per heavy atom. The van der Waals surface area contributed by atoms with Crippen LogP contribution >= 0.6 is 0 Å². The monoisotopic (exact) mass is 198 g/mol. The molecule has 1 aliphatic carbocycles. The molecule has 2 rings (SSSR count). The van der Waals surface area contributed by atoms with Gasteiger partial charge in [0.25, 0.3) is 0 Å². The van der Waals surface area contributed by atoms with E-state index >= 15 is 0 Å². The SMILES string of the molecule is CC1CC(C)(C)CC1(CO)CC1CO1. The predicted molar refractivity (Wildman–Crippen MR) is 56.1 cm³/mol. The summed E-state index contributed by atoms with van der Waals surface area (Å²) >= 11 is 0. The highest BCUT2D eigenvalue weighted by Crippen LogP contribution is 2.55. The van der Waals surface area contributed by atoms with Crippen LogP contribution in [0.3, 0.4) is 0 Å². The maximum absolute atomic E-state index is 9.64. The Morgan fingerprint density at radius 3 is 2.43 bits per heavy atom. The molecule has 1 heterocycles. The maximum Gasteiger partial charge on any atom is 0.0816 e. The molecule has 2 aliphatic rings. The largest absolute Gasteiger partial charge is 0.396 e. The Hall–Kier alpha value is -0.0800. The van der Waals surface area contributed by atoms with E-state index in [1.807, 2.05) is 0 Å². The molecule has 0 amide bonds. The summed E-state index contributed by atoms with van der Waals surface area (Å²) in [6.45, 7) is 8.16. The summed E-state index contributed by atoms with van der Waals surface area (Å²) in [5, 5.41) is 9.64. The molecule has 0 aromatic carbocycles. The topological polar surface area (TPSA) is 32.8 Å². The fourth-order valence-electron chi connectivity index (χ4n) is 3.43. The second-order valence-corrected chi connectivity index (χ2v) is 6.13. The molecule has 1 saturated carbocycles. The van der Waals surface area contributed by atoms with Gasteiger partial charge in [-0.1, -0.05) is 20.8 Å². The fourth-order valence-corrected chi connectivity index (χ4v) is 3.43. The maximum atomic E-state index is 9.64. The molecule has 1 aliphatic heterocycles. The number of aliphatic hydroxyl groups excluding tert-OH is 1. The predicted octanol–water partition coefficient (Wildman–Crippen LogP) is 2.21. The van der Waals surface area contributed by atoms with Crippen LogP contribution in [0.5, 0.6) is 0 Å². The molecule has 82 valence electrons. The molecule has 0 aromatic rings. The molecular weight excluding hydrogens is 176 g/mol. The molecule has 0 bridgehead atoms. The van der Waals surface area contributed by atoms with Gasteiger partial charge in [0.05, 0.1) is 12.7 Å². The van der Waals surface area contributed by atoms with Crippen molar-refractivity contribution in [2.24, 2.45) is 16.7 Å². The summed E-state index contributed by atoms with van der Waals surface area (Å²) in [5.41, 5.74) is 0.543. The first kappa shape index (κ1) is 10.4. The first-order valence-corrected chi connectivity index (χ1v) is 5.70. The van der Waals surface area contributed by atoms with Gasteiger partial charge >= 0.3 is 0 Å². The molecule has 2 heteroatoms. The zero-order valence-corrected chi connectivity index (χ0v) is 9.55. The van der Waals surface area contributed by atoms with Crippen LogP contribution in [0.15, 0.2) is 0 Å². The summed E-state index contributed by atoms with van der Waals surface area (Å²) in [7, 11) is 0. The zero-order valence-electron chi connectivity index (χ0n) is 9.55. The van der Waals surface area contributed by atoms with Crippen molar-refractivity contribution in [2.75, 3.05) is 13.2 Å². The van der Waals surface area contributed by atoms with Crippen LogP contribution in [0.25, 0.3) is 0 Å². The van der Waals surface area contributed by atoms with Gasteiger partial charge in [-0.05, 0) is 36.0 Å². The Balaban J connectivity index is 2.09. The van der Waals surface area contributed by atoms with E-state index < -0.39 is 0 Å². The number of hydrogen-bond acceptors (Lipinski definition) is 2. The van der Waals surface area contributed by atoms with Gasteiger partial charge in [0.15, 0.2) is 0 Å². The quantitative estimate of drug-likeness (QED) is 0.705. The van der Waals surface area contributed by atoms with Crippen molar-refractivity contribution in [3.63, 3.8) is 0 Å². The third-order valence-corrected chi connectivity index (χ3v) is 4.09. The lowest BCUT2D eigenvalue weighted by Crippen LogP contribution is -2.30. The lowest BCUT2D eigenvalue weighted by Gasteiger charge is -2.32. The van der Waals surface area contributed by atoms with Crippen LogP contribution < -0.4 is 0 Å². The second-order valence-electron chi connectivity index (χ2n) is 6.13. The van der Waals surface area contributed by atoms with Crippen molar-refractivity contribution in [3.8, 4) is 0 Å². The first-order valence-electron chi connectivity index (χ1n) is 5.70. The Kier molecular flexibility index (Phi) is 2.39. The van der Waals surface area contributed by atoms with Gasteiger partial charge in [-0.2, -0.15) is 0 Å². The van der Waals surface area contributed by atoms with Gasteiger partial charge in [-0.15, -0.1) is 0 Å². The van der Waals surface area contributed by atoms with E-state index in [-0.39, 0.29) is 5.41 Å².